The van der Waals surface area contributed by atoms with Crippen molar-refractivity contribution >= 4 is 17.9 Å². The molecule has 3 amide bonds. The quantitative estimate of drug-likeness (QED) is 0.719. The van der Waals surface area contributed by atoms with Crippen LogP contribution in [-0.4, -0.2) is 65.0 Å². The second-order valence-electron chi connectivity index (χ2n) is 6.43. The number of fused-ring (bicyclic) bond motifs is 1. The molecule has 3 fully saturated rings. The van der Waals surface area contributed by atoms with Gasteiger partial charge in [0.05, 0.1) is 17.9 Å². The largest absolute Gasteiger partial charge is 0.481 e. The topological polar surface area (TPSA) is 90.0 Å². The second-order valence-corrected chi connectivity index (χ2v) is 6.43. The number of hydrogen-bond acceptors (Lipinski definition) is 3. The van der Waals surface area contributed by atoms with Crippen LogP contribution in [-0.2, 0) is 9.59 Å². The average Bonchev–Trinajstić information content (AvgIpc) is 2.78. The lowest BCUT2D eigenvalue weighted by Crippen LogP contribution is -2.54. The smallest absolute Gasteiger partial charge is 0.317 e. The van der Waals surface area contributed by atoms with Gasteiger partial charge in [-0.15, -0.1) is 0 Å². The molecule has 7 nitrogen and oxygen atoms in total. The number of carboxylic acids is 1. The Morgan fingerprint density at radius 1 is 1.30 bits per heavy atom. The number of piperazine rings is 1. The van der Waals surface area contributed by atoms with Crippen LogP contribution in [0.15, 0.2) is 0 Å². The normalized spacial score (nSPS) is 34.5. The highest BCUT2D eigenvalue weighted by atomic mass is 16.4. The number of nitrogens with zero attached hydrogens (tertiary/aromatic N) is 2. The van der Waals surface area contributed by atoms with Crippen molar-refractivity contribution in [3.63, 3.8) is 0 Å². The fraction of sp³-hybridized carbons (Fsp3) is 0.769. The van der Waals surface area contributed by atoms with Crippen LogP contribution in [0.2, 0.25) is 0 Å². The van der Waals surface area contributed by atoms with Crippen LogP contribution < -0.4 is 5.32 Å². The fourth-order valence-electron chi connectivity index (χ4n) is 3.56. The first-order valence-corrected chi connectivity index (χ1v) is 6.90. The Morgan fingerprint density at radius 2 is 2.00 bits per heavy atom. The summed E-state index contributed by atoms with van der Waals surface area (Å²) in [5.41, 5.74) is -0.468. The Balaban J connectivity index is 1.68. The number of carbonyl (C=O) groups is 3. The van der Waals surface area contributed by atoms with Crippen LogP contribution in [0.5, 0.6) is 0 Å². The molecule has 1 aliphatic carbocycles. The molecule has 0 spiro atoms. The number of urea groups is 1. The van der Waals surface area contributed by atoms with Gasteiger partial charge in [0.2, 0.25) is 5.91 Å². The Labute approximate surface area is 116 Å². The molecule has 0 aromatic heterocycles. The summed E-state index contributed by atoms with van der Waals surface area (Å²) in [7, 11) is 0. The molecule has 2 N–H and O–H groups in total. The molecule has 110 valence electrons. The first kappa shape index (κ1) is 13.2. The summed E-state index contributed by atoms with van der Waals surface area (Å²) >= 11 is 0. The molecular weight excluding hydrogens is 262 g/mol. The van der Waals surface area contributed by atoms with Crippen LogP contribution in [0, 0.1) is 17.3 Å². The second kappa shape index (κ2) is 4.10. The van der Waals surface area contributed by atoms with Gasteiger partial charge in [0.25, 0.3) is 0 Å². The summed E-state index contributed by atoms with van der Waals surface area (Å²) in [5.74, 6) is -2.00. The fourth-order valence-corrected chi connectivity index (χ4v) is 3.56. The van der Waals surface area contributed by atoms with Gasteiger partial charge in [-0.3, -0.25) is 9.59 Å². The minimum absolute atomic E-state index is 0.0188. The third kappa shape index (κ3) is 1.76. The van der Waals surface area contributed by atoms with E-state index in [1.54, 1.807) is 9.80 Å². The maximum absolute atomic E-state index is 12.5. The van der Waals surface area contributed by atoms with Crippen molar-refractivity contribution in [1.82, 2.24) is 15.1 Å². The molecule has 0 aromatic carbocycles. The predicted molar refractivity (Wildman–Crippen MR) is 68.9 cm³/mol. The molecule has 3 aliphatic rings. The number of aliphatic carboxylic acids is 1. The lowest BCUT2D eigenvalue weighted by Gasteiger charge is -2.36. The molecule has 3 atom stereocenters. The number of amides is 3. The summed E-state index contributed by atoms with van der Waals surface area (Å²) in [6, 6.07) is -0.0531. The molecule has 3 unspecified atom stereocenters. The lowest BCUT2D eigenvalue weighted by molar-refractivity contribution is -0.142. The van der Waals surface area contributed by atoms with E-state index in [2.05, 4.69) is 5.32 Å². The molecule has 20 heavy (non-hydrogen) atoms. The molecular formula is C13H19N3O4. The van der Waals surface area contributed by atoms with E-state index in [9.17, 15) is 14.4 Å². The van der Waals surface area contributed by atoms with Crippen LogP contribution >= 0.6 is 0 Å². The van der Waals surface area contributed by atoms with E-state index in [0.717, 1.165) is 0 Å². The summed E-state index contributed by atoms with van der Waals surface area (Å²) in [4.78, 5) is 38.6. The van der Waals surface area contributed by atoms with Crippen molar-refractivity contribution in [2.24, 2.45) is 17.3 Å². The third-order valence-corrected chi connectivity index (χ3v) is 4.90. The first-order chi connectivity index (χ1) is 9.34. The molecule has 0 aromatic rings. The van der Waals surface area contributed by atoms with Gasteiger partial charge in [-0.1, -0.05) is 13.8 Å². The van der Waals surface area contributed by atoms with Crippen molar-refractivity contribution in [2.75, 3.05) is 26.2 Å². The molecule has 2 heterocycles. The van der Waals surface area contributed by atoms with Gasteiger partial charge in [0.15, 0.2) is 0 Å². The van der Waals surface area contributed by atoms with Gasteiger partial charge in [-0.25, -0.2) is 4.79 Å². The van der Waals surface area contributed by atoms with E-state index in [1.807, 2.05) is 13.8 Å². The molecule has 2 saturated heterocycles. The van der Waals surface area contributed by atoms with E-state index >= 15 is 0 Å². The third-order valence-electron chi connectivity index (χ3n) is 4.90. The average molecular weight is 281 g/mol. The standard InChI is InChI=1S/C13H19N3O4/c1-13(2)8(9(13)11(18)19)10(17)15-3-4-16-7(6-15)5-14-12(16)20/h7-9H,3-6H2,1-2H3,(H,14,20)(H,18,19). The molecule has 7 heteroatoms. The minimum Gasteiger partial charge on any atom is -0.481 e. The van der Waals surface area contributed by atoms with Gasteiger partial charge >= 0.3 is 12.0 Å². The maximum atomic E-state index is 12.5. The highest BCUT2D eigenvalue weighted by molar-refractivity contribution is 5.92. The lowest BCUT2D eigenvalue weighted by atomic mass is 10.1. The van der Waals surface area contributed by atoms with Gasteiger partial charge in [-0.05, 0) is 5.41 Å². The zero-order chi connectivity index (χ0) is 14.7. The molecule has 3 rings (SSSR count). The van der Waals surface area contributed by atoms with Crippen LogP contribution in [0.1, 0.15) is 13.8 Å². The summed E-state index contributed by atoms with van der Waals surface area (Å²) in [5, 5.41) is 11.9. The predicted octanol–water partition coefficient (Wildman–Crippen LogP) is -0.421. The SMILES string of the molecule is CC1(C)C(C(=O)O)C1C(=O)N1CCN2C(=O)NCC2C1. The summed E-state index contributed by atoms with van der Waals surface area (Å²) in [6.07, 6.45) is 0. The van der Waals surface area contributed by atoms with E-state index in [1.165, 1.54) is 0 Å². The van der Waals surface area contributed by atoms with Crippen molar-refractivity contribution in [3.05, 3.63) is 0 Å². The van der Waals surface area contributed by atoms with E-state index in [4.69, 9.17) is 5.11 Å². The van der Waals surface area contributed by atoms with Crippen LogP contribution in [0.3, 0.4) is 0 Å². The van der Waals surface area contributed by atoms with Crippen LogP contribution in [0.25, 0.3) is 0 Å². The number of rotatable bonds is 2. The summed E-state index contributed by atoms with van der Waals surface area (Å²) in [6.45, 7) is 5.71. The summed E-state index contributed by atoms with van der Waals surface area (Å²) < 4.78 is 0. The monoisotopic (exact) mass is 281 g/mol. The minimum atomic E-state index is -0.898. The van der Waals surface area contributed by atoms with Crippen molar-refractivity contribution in [2.45, 2.75) is 19.9 Å². The highest BCUT2D eigenvalue weighted by Crippen LogP contribution is 2.59. The van der Waals surface area contributed by atoms with Gasteiger partial charge in [-0.2, -0.15) is 0 Å². The van der Waals surface area contributed by atoms with Crippen molar-refractivity contribution in [3.8, 4) is 0 Å². The Bertz CT molecular complexity index is 490. The highest BCUT2D eigenvalue weighted by Gasteiger charge is 2.66. The zero-order valence-electron chi connectivity index (χ0n) is 11.6. The Kier molecular flexibility index (Phi) is 2.71. The number of carbonyl (C=O) groups excluding carboxylic acids is 2. The number of carboxylic acid groups (broad SMARTS) is 1. The van der Waals surface area contributed by atoms with Gasteiger partial charge in [0, 0.05) is 26.2 Å². The van der Waals surface area contributed by atoms with E-state index in [-0.39, 0.29) is 18.0 Å². The van der Waals surface area contributed by atoms with Crippen LogP contribution in [0.4, 0.5) is 4.79 Å². The van der Waals surface area contributed by atoms with Crippen molar-refractivity contribution < 1.29 is 19.5 Å². The molecule has 2 aliphatic heterocycles. The number of hydrogen-bond donors (Lipinski definition) is 2. The van der Waals surface area contributed by atoms with E-state index < -0.39 is 23.2 Å². The number of nitrogens with one attached hydrogen (secondary N) is 1. The van der Waals surface area contributed by atoms with E-state index in [0.29, 0.717) is 26.2 Å². The Hall–Kier alpha value is -1.79. The van der Waals surface area contributed by atoms with Gasteiger partial charge < -0.3 is 20.2 Å². The Morgan fingerprint density at radius 3 is 2.60 bits per heavy atom. The van der Waals surface area contributed by atoms with Gasteiger partial charge in [0.1, 0.15) is 0 Å². The molecule has 0 radical (unpaired) electrons. The molecule has 0 bridgehead atoms. The molecule has 1 saturated carbocycles. The van der Waals surface area contributed by atoms with Crippen molar-refractivity contribution in [1.29, 1.82) is 0 Å². The maximum Gasteiger partial charge on any atom is 0.317 e. The first-order valence-electron chi connectivity index (χ1n) is 6.90. The zero-order valence-corrected chi connectivity index (χ0v) is 11.6.